The smallest absolute Gasteiger partial charge is 0.315 e. The summed E-state index contributed by atoms with van der Waals surface area (Å²) in [7, 11) is 0. The largest absolute Gasteiger partial charge is 0.461 e. The van der Waals surface area contributed by atoms with Gasteiger partial charge < -0.3 is 14.6 Å². The molecule has 0 aromatic rings. The molecular weight excluding hydrogens is 272 g/mol. The number of aliphatic hydroxyl groups excluding tert-OH is 1. The van der Waals surface area contributed by atoms with Gasteiger partial charge in [0.25, 0.3) is 0 Å². The van der Waals surface area contributed by atoms with E-state index < -0.39 is 29.1 Å². The molecule has 1 fully saturated rings. The average molecular weight is 300 g/mol. The number of hydrogen-bond acceptors (Lipinski definition) is 5. The van der Waals surface area contributed by atoms with Gasteiger partial charge >= 0.3 is 11.9 Å². The number of aliphatic hydroxyl groups is 1. The van der Waals surface area contributed by atoms with Crippen LogP contribution < -0.4 is 0 Å². The molecule has 5 heteroatoms. The van der Waals surface area contributed by atoms with Gasteiger partial charge in [-0.25, -0.2) is 0 Å². The maximum atomic E-state index is 12.3. The highest BCUT2D eigenvalue weighted by Gasteiger charge is 2.51. The third-order valence-electron chi connectivity index (χ3n) is 3.79. The number of rotatable bonds is 2. The topological polar surface area (TPSA) is 72.8 Å². The maximum absolute atomic E-state index is 12.3. The van der Waals surface area contributed by atoms with Gasteiger partial charge in [0.15, 0.2) is 0 Å². The Morgan fingerprint density at radius 2 is 1.86 bits per heavy atom. The Hall–Kier alpha value is -1.10. The van der Waals surface area contributed by atoms with Crippen molar-refractivity contribution >= 4 is 11.9 Å². The monoisotopic (exact) mass is 300 g/mol. The van der Waals surface area contributed by atoms with Crippen LogP contribution in [0.15, 0.2) is 0 Å². The Morgan fingerprint density at radius 1 is 1.33 bits per heavy atom. The second-order valence-electron chi connectivity index (χ2n) is 8.19. The van der Waals surface area contributed by atoms with Crippen LogP contribution in [0.25, 0.3) is 0 Å². The van der Waals surface area contributed by atoms with Gasteiger partial charge in [-0.15, -0.1) is 0 Å². The summed E-state index contributed by atoms with van der Waals surface area (Å²) in [6.07, 6.45) is -1.13. The van der Waals surface area contributed by atoms with Crippen LogP contribution in [0.4, 0.5) is 0 Å². The SMILES string of the molecule is CC(C)(C)OC(=O)CC1(C)C(=O)OC(C(C)(C)C)CC1O. The van der Waals surface area contributed by atoms with E-state index in [1.54, 1.807) is 27.7 Å². The lowest BCUT2D eigenvalue weighted by atomic mass is 9.73. The van der Waals surface area contributed by atoms with Gasteiger partial charge in [-0.05, 0) is 33.1 Å². The predicted octanol–water partition coefficient (Wildman–Crippen LogP) is 2.45. The lowest BCUT2D eigenvalue weighted by molar-refractivity contribution is -0.197. The number of carbonyl (C=O) groups excluding carboxylic acids is 2. The minimum absolute atomic E-state index is 0.179. The lowest BCUT2D eigenvalue weighted by Gasteiger charge is -2.43. The fraction of sp³-hybridized carbons (Fsp3) is 0.875. The fourth-order valence-corrected chi connectivity index (χ4v) is 2.31. The van der Waals surface area contributed by atoms with Crippen molar-refractivity contribution in [3.8, 4) is 0 Å². The summed E-state index contributed by atoms with van der Waals surface area (Å²) in [5, 5.41) is 10.4. The Morgan fingerprint density at radius 3 is 2.24 bits per heavy atom. The van der Waals surface area contributed by atoms with E-state index in [0.29, 0.717) is 6.42 Å². The minimum Gasteiger partial charge on any atom is -0.461 e. The van der Waals surface area contributed by atoms with E-state index >= 15 is 0 Å². The van der Waals surface area contributed by atoms with Gasteiger partial charge in [0.05, 0.1) is 12.5 Å². The second kappa shape index (κ2) is 5.59. The number of ether oxygens (including phenoxy) is 2. The minimum atomic E-state index is -1.25. The third kappa shape index (κ3) is 4.43. The van der Waals surface area contributed by atoms with Crippen LogP contribution in [0.2, 0.25) is 0 Å². The van der Waals surface area contributed by atoms with Crippen molar-refractivity contribution in [3.63, 3.8) is 0 Å². The van der Waals surface area contributed by atoms with Crippen molar-refractivity contribution in [2.45, 2.75) is 79.1 Å². The van der Waals surface area contributed by atoms with Crippen LogP contribution >= 0.6 is 0 Å². The summed E-state index contributed by atoms with van der Waals surface area (Å²) >= 11 is 0. The molecule has 1 N–H and O–H groups in total. The standard InChI is InChI=1S/C16H28O5/c1-14(2,3)11-8-10(17)16(7,13(19)20-11)9-12(18)21-15(4,5)6/h10-11,17H,8-9H2,1-7H3. The highest BCUT2D eigenvalue weighted by Crippen LogP contribution is 2.41. The summed E-state index contributed by atoms with van der Waals surface area (Å²) in [6, 6.07) is 0. The van der Waals surface area contributed by atoms with Crippen LogP contribution in [0.5, 0.6) is 0 Å². The summed E-state index contributed by atoms with van der Waals surface area (Å²) in [4.78, 5) is 24.3. The van der Waals surface area contributed by atoms with Crippen molar-refractivity contribution < 1.29 is 24.2 Å². The zero-order valence-electron chi connectivity index (χ0n) is 14.1. The van der Waals surface area contributed by atoms with Gasteiger partial charge in [0.2, 0.25) is 0 Å². The Labute approximate surface area is 127 Å². The Bertz CT molecular complexity index is 415. The van der Waals surface area contributed by atoms with Crippen LogP contribution in [0.1, 0.15) is 61.3 Å². The van der Waals surface area contributed by atoms with Crippen LogP contribution in [0.3, 0.4) is 0 Å². The Balaban J connectivity index is 2.83. The zero-order chi connectivity index (χ0) is 16.6. The fourth-order valence-electron chi connectivity index (χ4n) is 2.31. The van der Waals surface area contributed by atoms with Gasteiger partial charge in [-0.2, -0.15) is 0 Å². The maximum Gasteiger partial charge on any atom is 0.315 e. The van der Waals surface area contributed by atoms with E-state index in [4.69, 9.17) is 9.47 Å². The summed E-state index contributed by atoms with van der Waals surface area (Å²) in [5.74, 6) is -1.04. The number of carbonyl (C=O) groups is 2. The van der Waals surface area contributed by atoms with Crippen LogP contribution in [0, 0.1) is 10.8 Å². The van der Waals surface area contributed by atoms with Crippen LogP contribution in [-0.2, 0) is 19.1 Å². The normalized spacial score (nSPS) is 30.8. The predicted molar refractivity (Wildman–Crippen MR) is 78.5 cm³/mol. The molecule has 1 aliphatic heterocycles. The summed E-state index contributed by atoms with van der Waals surface area (Å²) in [6.45, 7) is 12.7. The molecule has 0 aliphatic carbocycles. The van der Waals surface area contributed by atoms with Gasteiger partial charge in [-0.3, -0.25) is 9.59 Å². The number of esters is 2. The van der Waals surface area contributed by atoms with E-state index in [0.717, 1.165) is 0 Å². The molecule has 3 unspecified atom stereocenters. The molecule has 21 heavy (non-hydrogen) atoms. The molecule has 0 spiro atoms. The molecule has 0 amide bonds. The molecule has 0 bridgehead atoms. The van der Waals surface area contributed by atoms with Gasteiger partial charge in [-0.1, -0.05) is 20.8 Å². The molecular formula is C16H28O5. The van der Waals surface area contributed by atoms with E-state index in [1.165, 1.54) is 0 Å². The average Bonchev–Trinajstić information content (AvgIpc) is 2.21. The summed E-state index contributed by atoms with van der Waals surface area (Å²) in [5.41, 5.74) is -2.11. The lowest BCUT2D eigenvalue weighted by Crippen LogP contribution is -2.53. The first-order chi connectivity index (χ1) is 9.25. The first-order valence-corrected chi connectivity index (χ1v) is 7.37. The molecule has 3 atom stereocenters. The van der Waals surface area contributed by atoms with Crippen molar-refractivity contribution in [2.75, 3.05) is 0 Å². The molecule has 5 nitrogen and oxygen atoms in total. The zero-order valence-corrected chi connectivity index (χ0v) is 14.1. The summed E-state index contributed by atoms with van der Waals surface area (Å²) < 4.78 is 10.7. The van der Waals surface area contributed by atoms with Gasteiger partial charge in [0, 0.05) is 6.42 Å². The van der Waals surface area contributed by atoms with Crippen molar-refractivity contribution in [2.24, 2.45) is 10.8 Å². The second-order valence-corrected chi connectivity index (χ2v) is 8.19. The van der Waals surface area contributed by atoms with Crippen molar-refractivity contribution in [3.05, 3.63) is 0 Å². The van der Waals surface area contributed by atoms with Crippen LogP contribution in [-0.4, -0.2) is 34.9 Å². The number of cyclic esters (lactones) is 1. The highest BCUT2D eigenvalue weighted by molar-refractivity contribution is 5.84. The first kappa shape index (κ1) is 18.0. The molecule has 1 rings (SSSR count). The van der Waals surface area contributed by atoms with Crippen molar-refractivity contribution in [1.29, 1.82) is 0 Å². The molecule has 122 valence electrons. The highest BCUT2D eigenvalue weighted by atomic mass is 16.6. The van der Waals surface area contributed by atoms with E-state index in [-0.39, 0.29) is 17.9 Å². The number of hydrogen-bond donors (Lipinski definition) is 1. The van der Waals surface area contributed by atoms with E-state index in [2.05, 4.69) is 0 Å². The molecule has 0 aromatic carbocycles. The molecule has 0 aromatic heterocycles. The van der Waals surface area contributed by atoms with E-state index in [9.17, 15) is 14.7 Å². The molecule has 0 radical (unpaired) electrons. The van der Waals surface area contributed by atoms with E-state index in [1.807, 2.05) is 20.8 Å². The third-order valence-corrected chi connectivity index (χ3v) is 3.79. The van der Waals surface area contributed by atoms with Gasteiger partial charge in [0.1, 0.15) is 17.1 Å². The molecule has 0 saturated carbocycles. The quantitative estimate of drug-likeness (QED) is 0.793. The molecule has 1 saturated heterocycles. The molecule has 1 heterocycles. The molecule has 1 aliphatic rings. The first-order valence-electron chi connectivity index (χ1n) is 7.37. The Kier molecular flexibility index (Phi) is 4.78. The van der Waals surface area contributed by atoms with Crippen molar-refractivity contribution in [1.82, 2.24) is 0 Å².